The summed E-state index contributed by atoms with van der Waals surface area (Å²) in [5.41, 5.74) is 24.7. The van der Waals surface area contributed by atoms with Gasteiger partial charge in [0.25, 0.3) is 0 Å². The normalized spacial score (nSPS) is 14.4. The van der Waals surface area contributed by atoms with Crippen molar-refractivity contribution in [3.8, 4) is 39.1 Å². The minimum Gasteiger partial charge on any atom is -0.505 e. The Balaban J connectivity index is 1.02. The molecule has 13 aromatic rings. The molecule has 0 radical (unpaired) electrons. The number of fused-ring (bicyclic) bond motifs is 3. The van der Waals surface area contributed by atoms with Crippen LogP contribution in [0, 0.1) is 27.7 Å². The largest absolute Gasteiger partial charge is 0.505 e. The van der Waals surface area contributed by atoms with E-state index in [1.54, 1.807) is 0 Å². The number of anilines is 6. The van der Waals surface area contributed by atoms with Gasteiger partial charge in [-0.3, -0.25) is 0 Å². The quantitative estimate of drug-likeness (QED) is 0.117. The zero-order chi connectivity index (χ0) is 61.5. The van der Waals surface area contributed by atoms with E-state index in [-0.39, 0.29) is 5.75 Å². The van der Waals surface area contributed by atoms with Crippen LogP contribution in [0.1, 0.15) is 160 Å². The van der Waals surface area contributed by atoms with Gasteiger partial charge in [0.05, 0.1) is 22.7 Å². The van der Waals surface area contributed by atoms with Gasteiger partial charge in [0.2, 0.25) is 0 Å². The first-order valence-corrected chi connectivity index (χ1v) is 33.5. The maximum atomic E-state index is 13.3. The molecule has 4 heteroatoms. The van der Waals surface area contributed by atoms with Crippen LogP contribution in [0.2, 0.25) is 0 Å². The van der Waals surface area contributed by atoms with Crippen molar-refractivity contribution in [3.63, 3.8) is 0 Å². The first-order valence-electron chi connectivity index (χ1n) is 33.5. The van der Waals surface area contributed by atoms with Crippen molar-refractivity contribution in [2.75, 3.05) is 9.80 Å². The number of hydrogen-bond acceptors (Lipinski definition) is 4. The predicted octanol–water partition coefficient (Wildman–Crippen LogP) is 25.7. The number of nitrogens with zero attached hydrogens (tertiary/aromatic N) is 2. The summed E-state index contributed by atoms with van der Waals surface area (Å²) in [6.07, 6.45) is 12.0. The van der Waals surface area contributed by atoms with E-state index in [0.29, 0.717) is 23.7 Å². The van der Waals surface area contributed by atoms with Crippen molar-refractivity contribution in [3.05, 3.63) is 245 Å². The van der Waals surface area contributed by atoms with E-state index in [2.05, 4.69) is 265 Å². The Bertz CT molecular complexity index is 4850. The number of phenols is 1. The first kappa shape index (κ1) is 57.3. The summed E-state index contributed by atoms with van der Waals surface area (Å²) in [4.78, 5) is 4.98. The molecule has 4 nitrogen and oxygen atoms in total. The highest BCUT2D eigenvalue weighted by Gasteiger charge is 2.32. The van der Waals surface area contributed by atoms with Gasteiger partial charge < -0.3 is 19.3 Å². The molecule has 0 aliphatic heterocycles. The molecule has 2 fully saturated rings. The highest BCUT2D eigenvalue weighted by molar-refractivity contribution is 6.30. The lowest BCUT2D eigenvalue weighted by Gasteiger charge is -2.34. The van der Waals surface area contributed by atoms with Crippen molar-refractivity contribution in [1.82, 2.24) is 0 Å². The monoisotopic (exact) mass is 1170 g/mol. The van der Waals surface area contributed by atoms with Crippen LogP contribution in [0.25, 0.3) is 87.6 Å². The highest BCUT2D eigenvalue weighted by Crippen LogP contribution is 2.56. The van der Waals surface area contributed by atoms with E-state index in [9.17, 15) is 5.11 Å². The number of benzene rings is 12. The molecule has 0 spiro atoms. The molecule has 15 rings (SSSR count). The fourth-order valence-corrected chi connectivity index (χ4v) is 16.4. The van der Waals surface area contributed by atoms with Gasteiger partial charge in [0.15, 0.2) is 5.58 Å². The molecule has 0 saturated heterocycles. The topological polar surface area (TPSA) is 39.9 Å². The van der Waals surface area contributed by atoms with Crippen LogP contribution in [0.15, 0.2) is 205 Å². The molecule has 90 heavy (non-hydrogen) atoms. The first-order chi connectivity index (χ1) is 43.9. The maximum absolute atomic E-state index is 13.3. The molecule has 1 aromatic heterocycles. The second-order valence-electron chi connectivity index (χ2n) is 27.2. The summed E-state index contributed by atoms with van der Waals surface area (Å²) in [6.45, 7) is 18.0. The zero-order valence-electron chi connectivity index (χ0n) is 53.7. The Morgan fingerprint density at radius 2 is 0.778 bits per heavy atom. The fourth-order valence-electron chi connectivity index (χ4n) is 16.4. The van der Waals surface area contributed by atoms with E-state index in [4.69, 9.17) is 4.42 Å². The third-order valence-electron chi connectivity index (χ3n) is 20.4. The lowest BCUT2D eigenvalue weighted by atomic mass is 9.77. The van der Waals surface area contributed by atoms with Gasteiger partial charge in [-0.05, 0) is 220 Å². The second-order valence-corrected chi connectivity index (χ2v) is 27.2. The molecule has 2 aliphatic rings. The molecule has 0 amide bonds. The van der Waals surface area contributed by atoms with E-state index < -0.39 is 0 Å². The lowest BCUT2D eigenvalue weighted by molar-refractivity contribution is 0.445. The number of hydrogen-bond donors (Lipinski definition) is 1. The van der Waals surface area contributed by atoms with Gasteiger partial charge in [0.1, 0.15) is 11.3 Å². The van der Waals surface area contributed by atoms with Crippen LogP contribution in [0.4, 0.5) is 34.1 Å². The Morgan fingerprint density at radius 3 is 1.33 bits per heavy atom. The molecule has 0 unspecified atom stereocenters. The van der Waals surface area contributed by atoms with Crippen molar-refractivity contribution in [2.24, 2.45) is 0 Å². The van der Waals surface area contributed by atoms with Crippen LogP contribution in [-0.4, -0.2) is 5.11 Å². The van der Waals surface area contributed by atoms with Crippen molar-refractivity contribution in [2.45, 2.75) is 143 Å². The molecule has 448 valence electrons. The molecule has 2 saturated carbocycles. The number of rotatable bonds is 13. The molecule has 0 bridgehead atoms. The third kappa shape index (κ3) is 9.99. The number of para-hydroxylation sites is 3. The van der Waals surface area contributed by atoms with Gasteiger partial charge in [-0.1, -0.05) is 212 Å². The average molecular weight is 1180 g/mol. The average Bonchev–Trinajstić information content (AvgIpc) is 0.813. The lowest BCUT2D eigenvalue weighted by Crippen LogP contribution is -2.15. The number of furan rings is 1. The zero-order valence-corrected chi connectivity index (χ0v) is 53.7. The van der Waals surface area contributed by atoms with Gasteiger partial charge in [0, 0.05) is 44.0 Å². The molecule has 1 N–H and O–H groups in total. The number of aromatic hydroxyl groups is 1. The van der Waals surface area contributed by atoms with Gasteiger partial charge in [-0.2, -0.15) is 0 Å². The summed E-state index contributed by atoms with van der Waals surface area (Å²) in [6, 6.07) is 75.2. The molecule has 0 atom stereocenters. The summed E-state index contributed by atoms with van der Waals surface area (Å²) >= 11 is 0. The smallest absolute Gasteiger partial charge is 0.159 e. The van der Waals surface area contributed by atoms with Crippen molar-refractivity contribution >= 4 is 88.4 Å². The van der Waals surface area contributed by atoms with E-state index in [1.165, 1.54) is 132 Å². The number of phenolic OH excluding ortho intramolecular Hbond substituents is 1. The van der Waals surface area contributed by atoms with E-state index in [1.807, 2.05) is 0 Å². The fraction of sp³-hybridized carbons (Fsp3) is 0.256. The molecular weight excluding hydrogens is 1090 g/mol. The van der Waals surface area contributed by atoms with Crippen LogP contribution in [0.5, 0.6) is 5.75 Å². The Hall–Kier alpha value is -9.12. The number of aryl methyl sites for hydroxylation is 4. The van der Waals surface area contributed by atoms with Crippen LogP contribution < -0.4 is 9.80 Å². The summed E-state index contributed by atoms with van der Waals surface area (Å²) in [7, 11) is 0. The Labute approximate surface area is 531 Å². The minimum absolute atomic E-state index is 0.262. The van der Waals surface area contributed by atoms with Gasteiger partial charge in [-0.15, -0.1) is 0 Å². The summed E-state index contributed by atoms with van der Waals surface area (Å²) in [5.74, 6) is 1.75. The van der Waals surface area contributed by atoms with Gasteiger partial charge >= 0.3 is 0 Å². The molecule has 12 aromatic carbocycles. The molecule has 2 aliphatic carbocycles. The minimum atomic E-state index is 0.262. The van der Waals surface area contributed by atoms with Crippen molar-refractivity contribution < 1.29 is 9.52 Å². The van der Waals surface area contributed by atoms with Crippen LogP contribution in [-0.2, 0) is 0 Å². The van der Waals surface area contributed by atoms with Crippen LogP contribution >= 0.6 is 0 Å². The molecular formula is C86H82N2O2. The molecule has 1 heterocycles. The Morgan fingerprint density at radius 1 is 0.356 bits per heavy atom. The van der Waals surface area contributed by atoms with E-state index in [0.717, 1.165) is 98.3 Å². The SMILES string of the molecule is Cc1cc(C)cc(N(c2cccc(-c3cccc(-c4ccccc4C(C)C)c3)c2O)c2cc(C3CCCCC3)c3ccc4c(N(c5cc(C)cc(C)c5)c5cccc6c5oc5c(-c7ccccc7C(C)C)cccc56)cc(C5CCCCC5)c5ccc2c3c54)c1. The summed E-state index contributed by atoms with van der Waals surface area (Å²) < 4.78 is 7.50. The van der Waals surface area contributed by atoms with Crippen molar-refractivity contribution in [1.29, 1.82) is 0 Å². The van der Waals surface area contributed by atoms with Crippen LogP contribution in [0.3, 0.4) is 0 Å². The maximum Gasteiger partial charge on any atom is 0.159 e. The summed E-state index contributed by atoms with van der Waals surface area (Å²) in [5, 5.41) is 23.3. The standard InChI is InChI=1S/C86H82N2O2/c1-52(2)64-29-15-17-31-66(64)60-27-19-28-61(49-60)67-33-21-37-78(84(67)89)87(62-45-54(5)43-55(6)46-62)80-50-76(58-23-11-9-12-24-58)69-40-42-75-81(51-77(59-25-13-10-14-26-59)70-39-41-74(80)82(69)83(70)75)88(63-47-56(7)44-57(8)48-63)79-38-22-36-73-72-35-20-34-71(85(72)90-86(73)79)68-32-18-16-30-65(68)53(3)4/h15-22,27-53,58-59,89H,9-14,23-26H2,1-8H3. The predicted molar refractivity (Wildman–Crippen MR) is 384 cm³/mol. The van der Waals surface area contributed by atoms with Gasteiger partial charge in [-0.25, -0.2) is 0 Å². The third-order valence-corrected chi connectivity index (χ3v) is 20.4. The second kappa shape index (κ2) is 23.4. The highest BCUT2D eigenvalue weighted by atomic mass is 16.3. The van der Waals surface area contributed by atoms with E-state index >= 15 is 0 Å². The Kier molecular flexibility index (Phi) is 14.9.